The van der Waals surface area contributed by atoms with Crippen molar-refractivity contribution in [3.05, 3.63) is 40.2 Å². The van der Waals surface area contributed by atoms with Crippen molar-refractivity contribution in [1.82, 2.24) is 9.97 Å². The first-order valence-corrected chi connectivity index (χ1v) is 9.78. The molecule has 1 aromatic carbocycles. The minimum absolute atomic E-state index is 0.00158. The third kappa shape index (κ3) is 5.73. The van der Waals surface area contributed by atoms with Gasteiger partial charge in [0.05, 0.1) is 32.5 Å². The molecule has 0 saturated carbocycles. The van der Waals surface area contributed by atoms with Crippen molar-refractivity contribution < 1.29 is 14.4 Å². The maximum absolute atomic E-state index is 12.3. The predicted octanol–water partition coefficient (Wildman–Crippen LogP) is 0.630. The van der Waals surface area contributed by atoms with Crippen LogP contribution in [0.1, 0.15) is 24.2 Å². The Hall–Kier alpha value is -2.52. The molecule has 1 aromatic heterocycles. The smallest absolute Gasteiger partial charge is 0.277 e. The van der Waals surface area contributed by atoms with Crippen molar-refractivity contribution in [2.45, 2.75) is 19.0 Å². The largest absolute Gasteiger partial charge is 0.497 e. The van der Waals surface area contributed by atoms with E-state index in [9.17, 15) is 9.59 Å². The Morgan fingerprint density at radius 2 is 1.96 bits per heavy atom. The summed E-state index contributed by atoms with van der Waals surface area (Å²) in [5.41, 5.74) is 5.76. The highest BCUT2D eigenvalue weighted by Crippen LogP contribution is 2.17. The molecule has 0 spiro atoms. The summed E-state index contributed by atoms with van der Waals surface area (Å²) in [6, 6.07) is 6.54. The van der Waals surface area contributed by atoms with E-state index in [1.54, 1.807) is 31.4 Å². The molecule has 0 atom stereocenters. The third-order valence-corrected chi connectivity index (χ3v) is 5.09. The van der Waals surface area contributed by atoms with Gasteiger partial charge in [-0.2, -0.15) is 0 Å². The number of hydrogen-bond donors (Lipinski definition) is 4. The zero-order valence-corrected chi connectivity index (χ0v) is 16.6. The number of aromatic amines is 1. The fourth-order valence-corrected chi connectivity index (χ4v) is 3.39. The van der Waals surface area contributed by atoms with Crippen LogP contribution in [0.3, 0.4) is 0 Å². The van der Waals surface area contributed by atoms with Crippen molar-refractivity contribution >= 4 is 29.2 Å². The molecule has 0 aliphatic carbocycles. The Balaban J connectivity index is 2.05. The second-order valence-corrected chi connectivity index (χ2v) is 6.95. The number of aromatic nitrogens is 2. The van der Waals surface area contributed by atoms with Gasteiger partial charge in [0.15, 0.2) is 11.0 Å². The molecule has 5 N–H and O–H groups in total. The maximum Gasteiger partial charge on any atom is 0.277 e. The van der Waals surface area contributed by atoms with E-state index >= 15 is 0 Å². The van der Waals surface area contributed by atoms with Crippen LogP contribution in [0, 0.1) is 0 Å². The standard InChI is InChI=1S/C18H25N5O3S/c1-4-23(5-2)10-11-27-18-21-15(19)14(17(25)22-18)20-16(24)12-6-8-13(26-3)9-7-12/h6-9H,4-5,10-11H2,1-3H3,(H,20,24)(H3,19,21,22,25)/p+1. The molecule has 8 nitrogen and oxygen atoms in total. The van der Waals surface area contributed by atoms with Gasteiger partial charge < -0.3 is 20.7 Å². The molecular weight excluding hydrogens is 366 g/mol. The van der Waals surface area contributed by atoms with Crippen molar-refractivity contribution in [3.8, 4) is 5.75 Å². The van der Waals surface area contributed by atoms with Gasteiger partial charge in [0.1, 0.15) is 11.4 Å². The van der Waals surface area contributed by atoms with Crippen LogP contribution >= 0.6 is 11.8 Å². The van der Waals surface area contributed by atoms with Gasteiger partial charge in [0, 0.05) is 5.56 Å². The molecule has 0 unspecified atom stereocenters. The molecule has 1 amide bonds. The van der Waals surface area contributed by atoms with Crippen LogP contribution < -0.4 is 26.2 Å². The zero-order valence-electron chi connectivity index (χ0n) is 15.8. The average molecular weight is 393 g/mol. The number of H-pyrrole nitrogens is 1. The summed E-state index contributed by atoms with van der Waals surface area (Å²) in [6.45, 7) is 7.36. The van der Waals surface area contributed by atoms with Gasteiger partial charge in [0.2, 0.25) is 0 Å². The second kappa shape index (κ2) is 9.98. The Morgan fingerprint density at radius 1 is 1.30 bits per heavy atom. The van der Waals surface area contributed by atoms with E-state index in [1.807, 2.05) is 0 Å². The van der Waals surface area contributed by atoms with Crippen LogP contribution in [-0.2, 0) is 0 Å². The zero-order chi connectivity index (χ0) is 19.8. The normalized spacial score (nSPS) is 10.8. The van der Waals surface area contributed by atoms with Crippen LogP contribution in [0.4, 0.5) is 11.5 Å². The lowest BCUT2D eigenvalue weighted by Crippen LogP contribution is -3.11. The van der Waals surface area contributed by atoms with E-state index < -0.39 is 11.5 Å². The summed E-state index contributed by atoms with van der Waals surface area (Å²) in [7, 11) is 1.55. The van der Waals surface area contributed by atoms with Gasteiger partial charge in [-0.25, -0.2) is 4.98 Å². The van der Waals surface area contributed by atoms with E-state index in [0.717, 1.165) is 25.4 Å². The van der Waals surface area contributed by atoms with Crippen LogP contribution in [0.5, 0.6) is 5.75 Å². The average Bonchev–Trinajstić information content (AvgIpc) is 2.68. The number of anilines is 2. The number of amides is 1. The number of nitrogens with zero attached hydrogens (tertiary/aromatic N) is 1. The molecule has 27 heavy (non-hydrogen) atoms. The van der Waals surface area contributed by atoms with Gasteiger partial charge in [-0.1, -0.05) is 11.8 Å². The molecule has 146 valence electrons. The highest BCUT2D eigenvalue weighted by molar-refractivity contribution is 7.99. The third-order valence-electron chi connectivity index (χ3n) is 4.21. The summed E-state index contributed by atoms with van der Waals surface area (Å²) >= 11 is 1.44. The molecule has 9 heteroatoms. The first kappa shape index (κ1) is 20.8. The molecule has 2 rings (SSSR count). The van der Waals surface area contributed by atoms with Crippen LogP contribution in [0.25, 0.3) is 0 Å². The highest BCUT2D eigenvalue weighted by Gasteiger charge is 2.14. The summed E-state index contributed by atoms with van der Waals surface area (Å²) in [6.07, 6.45) is 0. The molecule has 0 saturated heterocycles. The molecule has 0 bridgehead atoms. The lowest BCUT2D eigenvalue weighted by Gasteiger charge is -2.14. The number of nitrogens with two attached hydrogens (primary N) is 1. The number of thioether (sulfide) groups is 1. The van der Waals surface area contributed by atoms with Gasteiger partial charge in [-0.3, -0.25) is 14.6 Å². The Morgan fingerprint density at radius 3 is 2.52 bits per heavy atom. The molecule has 0 radical (unpaired) electrons. The maximum atomic E-state index is 12.3. The van der Waals surface area contributed by atoms with Crippen molar-refractivity contribution in [2.24, 2.45) is 0 Å². The number of carbonyl (C=O) groups excluding carboxylic acids is 1. The highest BCUT2D eigenvalue weighted by atomic mass is 32.2. The Kier molecular flexibility index (Phi) is 7.68. The lowest BCUT2D eigenvalue weighted by atomic mass is 10.2. The van der Waals surface area contributed by atoms with Crippen LogP contribution in [-0.4, -0.2) is 48.4 Å². The molecule has 0 aliphatic rings. The summed E-state index contributed by atoms with van der Waals surface area (Å²) in [5.74, 6) is 1.01. The topological polar surface area (TPSA) is 115 Å². The van der Waals surface area contributed by atoms with Gasteiger partial charge >= 0.3 is 0 Å². The molecule has 0 fully saturated rings. The van der Waals surface area contributed by atoms with Gasteiger partial charge in [-0.15, -0.1) is 0 Å². The number of nitrogen functional groups attached to an aromatic ring is 1. The molecule has 0 aliphatic heterocycles. The number of hydrogen-bond acceptors (Lipinski definition) is 6. The van der Waals surface area contributed by atoms with E-state index in [4.69, 9.17) is 10.5 Å². The molecule has 2 aromatic rings. The van der Waals surface area contributed by atoms with Crippen molar-refractivity contribution in [1.29, 1.82) is 0 Å². The fourth-order valence-electron chi connectivity index (χ4n) is 2.48. The van der Waals surface area contributed by atoms with Crippen LogP contribution in [0.2, 0.25) is 0 Å². The number of ether oxygens (including phenoxy) is 1. The van der Waals surface area contributed by atoms with E-state index in [-0.39, 0.29) is 11.5 Å². The van der Waals surface area contributed by atoms with Gasteiger partial charge in [0.25, 0.3) is 11.5 Å². The number of carbonyl (C=O) groups is 1. The molecular formula is C18H26N5O3S+. The minimum Gasteiger partial charge on any atom is -0.497 e. The summed E-state index contributed by atoms with van der Waals surface area (Å²) in [5, 5.41) is 2.98. The SMILES string of the molecule is CC[NH+](CC)CCSc1nc(N)c(NC(=O)c2ccc(OC)cc2)c(=O)[nH]1. The number of rotatable bonds is 9. The van der Waals surface area contributed by atoms with Crippen molar-refractivity contribution in [3.63, 3.8) is 0 Å². The number of methoxy groups -OCH3 is 1. The number of quaternary nitrogens is 1. The molecule has 1 heterocycles. The predicted molar refractivity (Wildman–Crippen MR) is 108 cm³/mol. The number of nitrogens with one attached hydrogen (secondary N) is 3. The lowest BCUT2D eigenvalue weighted by molar-refractivity contribution is -0.893. The Labute approximate surface area is 162 Å². The van der Waals surface area contributed by atoms with E-state index in [0.29, 0.717) is 16.5 Å². The number of benzene rings is 1. The quantitative estimate of drug-likeness (QED) is 0.368. The first-order chi connectivity index (χ1) is 13.0. The van der Waals surface area contributed by atoms with E-state index in [1.165, 1.54) is 16.7 Å². The Bertz CT molecular complexity index is 819. The van der Waals surface area contributed by atoms with Crippen LogP contribution in [0.15, 0.2) is 34.2 Å². The monoisotopic (exact) mass is 392 g/mol. The fraction of sp³-hybridized carbons (Fsp3) is 0.389. The second-order valence-electron chi connectivity index (χ2n) is 5.87. The summed E-state index contributed by atoms with van der Waals surface area (Å²) < 4.78 is 5.06. The minimum atomic E-state index is -0.470. The first-order valence-electron chi connectivity index (χ1n) is 8.80. The van der Waals surface area contributed by atoms with E-state index in [2.05, 4.69) is 29.1 Å². The van der Waals surface area contributed by atoms with Crippen molar-refractivity contribution in [2.75, 3.05) is 43.5 Å². The summed E-state index contributed by atoms with van der Waals surface area (Å²) in [4.78, 5) is 33.0. The van der Waals surface area contributed by atoms with Gasteiger partial charge in [-0.05, 0) is 38.1 Å².